The van der Waals surface area contributed by atoms with Gasteiger partial charge in [-0.1, -0.05) is 6.07 Å². The fourth-order valence-corrected chi connectivity index (χ4v) is 4.08. The smallest absolute Gasteiger partial charge is 0.223 e. The predicted molar refractivity (Wildman–Crippen MR) is 88.9 cm³/mol. The third kappa shape index (κ3) is 3.72. The molecular formula is C18H27N3O2. The number of hydrogen-bond acceptors (Lipinski definition) is 4. The molecule has 0 aliphatic carbocycles. The van der Waals surface area contributed by atoms with Gasteiger partial charge in [0.2, 0.25) is 5.91 Å². The van der Waals surface area contributed by atoms with Crippen LogP contribution in [0, 0.1) is 0 Å². The molecule has 1 aromatic rings. The fourth-order valence-electron chi connectivity index (χ4n) is 4.08. The predicted octanol–water partition coefficient (Wildman–Crippen LogP) is 2.08. The van der Waals surface area contributed by atoms with Gasteiger partial charge in [-0.2, -0.15) is 0 Å². The van der Waals surface area contributed by atoms with E-state index < -0.39 is 0 Å². The third-order valence-electron chi connectivity index (χ3n) is 5.34. The van der Waals surface area contributed by atoms with Crippen molar-refractivity contribution in [3.63, 3.8) is 0 Å². The van der Waals surface area contributed by atoms with Crippen LogP contribution in [0.1, 0.15) is 37.7 Å². The maximum Gasteiger partial charge on any atom is 0.223 e. The van der Waals surface area contributed by atoms with Crippen LogP contribution in [0.15, 0.2) is 24.5 Å². The molecule has 0 bridgehead atoms. The maximum absolute atomic E-state index is 12.3. The molecule has 0 N–H and O–H groups in total. The van der Waals surface area contributed by atoms with Gasteiger partial charge in [-0.25, -0.2) is 0 Å². The lowest BCUT2D eigenvalue weighted by molar-refractivity contribution is -0.132. The van der Waals surface area contributed by atoms with E-state index >= 15 is 0 Å². The lowest BCUT2D eigenvalue weighted by atomic mass is 9.88. The summed E-state index contributed by atoms with van der Waals surface area (Å²) in [6, 6.07) is 4.13. The Bertz CT molecular complexity index is 522. The van der Waals surface area contributed by atoms with Gasteiger partial charge in [0, 0.05) is 51.1 Å². The number of ether oxygens (including phenoxy) is 1. The SMILES string of the molecule is COCCN1C(=O)CC[C@]12CCCN(Cc1cccnc1)CC2. The van der Waals surface area contributed by atoms with Crippen molar-refractivity contribution in [3.8, 4) is 0 Å². The van der Waals surface area contributed by atoms with Crippen LogP contribution in [0.5, 0.6) is 0 Å². The van der Waals surface area contributed by atoms with Gasteiger partial charge in [-0.15, -0.1) is 0 Å². The lowest BCUT2D eigenvalue weighted by Gasteiger charge is -2.38. The Balaban J connectivity index is 1.64. The molecule has 3 rings (SSSR count). The van der Waals surface area contributed by atoms with Crippen molar-refractivity contribution in [2.24, 2.45) is 0 Å². The highest BCUT2D eigenvalue weighted by atomic mass is 16.5. The minimum atomic E-state index is 0.0688. The molecule has 5 heteroatoms. The number of nitrogens with zero attached hydrogens (tertiary/aromatic N) is 3. The van der Waals surface area contributed by atoms with E-state index in [1.54, 1.807) is 7.11 Å². The van der Waals surface area contributed by atoms with Gasteiger partial charge in [-0.05, 0) is 43.9 Å². The average molecular weight is 317 g/mol. The molecule has 5 nitrogen and oxygen atoms in total. The number of amides is 1. The van der Waals surface area contributed by atoms with Gasteiger partial charge in [-0.3, -0.25) is 14.7 Å². The number of aromatic nitrogens is 1. The van der Waals surface area contributed by atoms with Crippen LogP contribution >= 0.6 is 0 Å². The van der Waals surface area contributed by atoms with E-state index in [1.165, 1.54) is 5.56 Å². The number of likely N-dealkylation sites (tertiary alicyclic amines) is 2. The molecule has 1 amide bonds. The molecule has 2 aliphatic rings. The maximum atomic E-state index is 12.3. The molecular weight excluding hydrogens is 290 g/mol. The van der Waals surface area contributed by atoms with Crippen molar-refractivity contribution in [1.29, 1.82) is 0 Å². The minimum Gasteiger partial charge on any atom is -0.383 e. The summed E-state index contributed by atoms with van der Waals surface area (Å²) in [4.78, 5) is 21.1. The van der Waals surface area contributed by atoms with Gasteiger partial charge in [0.05, 0.1) is 6.61 Å². The van der Waals surface area contributed by atoms with Gasteiger partial charge < -0.3 is 9.64 Å². The van der Waals surface area contributed by atoms with Gasteiger partial charge in [0.25, 0.3) is 0 Å². The second-order valence-corrected chi connectivity index (χ2v) is 6.75. The van der Waals surface area contributed by atoms with Gasteiger partial charge in [0.1, 0.15) is 0 Å². The highest BCUT2D eigenvalue weighted by Crippen LogP contribution is 2.39. The summed E-state index contributed by atoms with van der Waals surface area (Å²) < 4.78 is 5.21. The molecule has 23 heavy (non-hydrogen) atoms. The van der Waals surface area contributed by atoms with Crippen molar-refractivity contribution in [3.05, 3.63) is 30.1 Å². The van der Waals surface area contributed by atoms with Crippen molar-refractivity contribution in [2.75, 3.05) is 33.4 Å². The molecule has 126 valence electrons. The number of hydrogen-bond donors (Lipinski definition) is 0. The van der Waals surface area contributed by atoms with E-state index in [1.807, 2.05) is 18.5 Å². The van der Waals surface area contributed by atoms with E-state index in [9.17, 15) is 4.79 Å². The molecule has 1 spiro atoms. The molecule has 1 atom stereocenters. The second kappa shape index (κ2) is 7.41. The molecule has 1 aromatic heterocycles. The fraction of sp³-hybridized carbons (Fsp3) is 0.667. The summed E-state index contributed by atoms with van der Waals surface area (Å²) >= 11 is 0. The molecule has 0 saturated carbocycles. The third-order valence-corrected chi connectivity index (χ3v) is 5.34. The van der Waals surface area contributed by atoms with Crippen LogP contribution in [-0.2, 0) is 16.1 Å². The Kier molecular flexibility index (Phi) is 5.28. The zero-order valence-corrected chi connectivity index (χ0v) is 14.0. The number of pyridine rings is 1. The highest BCUT2D eigenvalue weighted by molar-refractivity contribution is 5.79. The summed E-state index contributed by atoms with van der Waals surface area (Å²) in [5.74, 6) is 0.308. The first kappa shape index (κ1) is 16.4. The van der Waals surface area contributed by atoms with Crippen molar-refractivity contribution < 1.29 is 9.53 Å². The number of methoxy groups -OCH3 is 1. The minimum absolute atomic E-state index is 0.0688. The Labute approximate surface area is 138 Å². The Morgan fingerprint density at radius 1 is 1.30 bits per heavy atom. The van der Waals surface area contributed by atoms with Crippen LogP contribution in [0.4, 0.5) is 0 Å². The van der Waals surface area contributed by atoms with Crippen LogP contribution in [-0.4, -0.2) is 59.6 Å². The Hall–Kier alpha value is -1.46. The summed E-state index contributed by atoms with van der Waals surface area (Å²) in [5, 5.41) is 0. The second-order valence-electron chi connectivity index (χ2n) is 6.75. The quantitative estimate of drug-likeness (QED) is 0.834. The van der Waals surface area contributed by atoms with Crippen LogP contribution in [0.25, 0.3) is 0 Å². The van der Waals surface area contributed by atoms with Crippen LogP contribution in [0.2, 0.25) is 0 Å². The topological polar surface area (TPSA) is 45.7 Å². The summed E-state index contributed by atoms with van der Waals surface area (Å²) in [6.07, 6.45) is 8.82. The molecule has 0 aromatic carbocycles. The molecule has 3 heterocycles. The normalized spacial score (nSPS) is 26.0. The van der Waals surface area contributed by atoms with Crippen LogP contribution in [0.3, 0.4) is 0 Å². The highest BCUT2D eigenvalue weighted by Gasteiger charge is 2.45. The standard InChI is InChI=1S/C18H27N3O2/c1-23-13-12-21-17(22)5-7-18(21)6-3-10-20(11-8-18)15-16-4-2-9-19-14-16/h2,4,9,14H,3,5-8,10-13,15H2,1H3/t18-/m0/s1. The number of carbonyl (C=O) groups is 1. The zero-order chi connectivity index (χ0) is 16.1. The van der Waals surface area contributed by atoms with Crippen LogP contribution < -0.4 is 0 Å². The molecule has 2 saturated heterocycles. The summed E-state index contributed by atoms with van der Waals surface area (Å²) in [7, 11) is 1.70. The number of carbonyl (C=O) groups excluding carboxylic acids is 1. The molecule has 2 aliphatic heterocycles. The zero-order valence-electron chi connectivity index (χ0n) is 14.0. The lowest BCUT2D eigenvalue weighted by Crippen LogP contribution is -2.47. The Morgan fingerprint density at radius 3 is 3.00 bits per heavy atom. The summed E-state index contributed by atoms with van der Waals surface area (Å²) in [6.45, 7) is 4.47. The first-order valence-corrected chi connectivity index (χ1v) is 8.64. The van der Waals surface area contributed by atoms with E-state index in [0.717, 1.165) is 51.9 Å². The summed E-state index contributed by atoms with van der Waals surface area (Å²) in [5.41, 5.74) is 1.33. The van der Waals surface area contributed by atoms with Crippen molar-refractivity contribution >= 4 is 5.91 Å². The van der Waals surface area contributed by atoms with E-state index in [-0.39, 0.29) is 5.54 Å². The number of rotatable bonds is 5. The van der Waals surface area contributed by atoms with Crippen molar-refractivity contribution in [2.45, 2.75) is 44.2 Å². The monoisotopic (exact) mass is 317 g/mol. The first-order valence-electron chi connectivity index (χ1n) is 8.64. The molecule has 0 radical (unpaired) electrons. The largest absolute Gasteiger partial charge is 0.383 e. The van der Waals surface area contributed by atoms with Gasteiger partial charge >= 0.3 is 0 Å². The average Bonchev–Trinajstić information content (AvgIpc) is 2.74. The first-order chi connectivity index (χ1) is 11.2. The van der Waals surface area contributed by atoms with Crippen molar-refractivity contribution in [1.82, 2.24) is 14.8 Å². The molecule has 2 fully saturated rings. The molecule has 0 unspecified atom stereocenters. The van der Waals surface area contributed by atoms with E-state index in [4.69, 9.17) is 4.74 Å². The van der Waals surface area contributed by atoms with Gasteiger partial charge in [0.15, 0.2) is 0 Å². The van der Waals surface area contributed by atoms with E-state index in [0.29, 0.717) is 18.9 Å². The Morgan fingerprint density at radius 2 is 2.22 bits per heavy atom. The van der Waals surface area contributed by atoms with E-state index in [2.05, 4.69) is 20.9 Å².